The van der Waals surface area contributed by atoms with Gasteiger partial charge in [0, 0.05) is 30.0 Å². The second-order valence-corrected chi connectivity index (χ2v) is 9.55. The van der Waals surface area contributed by atoms with Crippen LogP contribution in [0.3, 0.4) is 0 Å². The number of hydrogen-bond donors (Lipinski definition) is 3. The number of pyridine rings is 2. The molecule has 1 aromatic carbocycles. The highest BCUT2D eigenvalue weighted by molar-refractivity contribution is 7.21. The van der Waals surface area contributed by atoms with Crippen LogP contribution in [0.15, 0.2) is 61.1 Å². The first-order valence-electron chi connectivity index (χ1n) is 11.2. The van der Waals surface area contributed by atoms with Crippen LogP contribution in [0.5, 0.6) is 0 Å². The van der Waals surface area contributed by atoms with E-state index < -0.39 is 0 Å². The summed E-state index contributed by atoms with van der Waals surface area (Å²) in [6.45, 7) is 0. The summed E-state index contributed by atoms with van der Waals surface area (Å²) in [7, 11) is 0. The van der Waals surface area contributed by atoms with Crippen molar-refractivity contribution in [3.05, 3.63) is 65.9 Å². The van der Waals surface area contributed by atoms with E-state index in [1.807, 2.05) is 36.4 Å². The van der Waals surface area contributed by atoms with E-state index in [0.29, 0.717) is 26.8 Å². The normalized spacial score (nSPS) is 19.3. The van der Waals surface area contributed by atoms with E-state index in [4.69, 9.17) is 5.73 Å². The Balaban J connectivity index is 1.41. The van der Waals surface area contributed by atoms with E-state index in [0.717, 1.165) is 35.8 Å². The molecule has 170 valence electrons. The third-order valence-corrected chi connectivity index (χ3v) is 7.52. The average Bonchev–Trinajstić information content (AvgIpc) is 3.44. The minimum atomic E-state index is -0.350. The molecule has 6 rings (SSSR count). The minimum Gasteiger partial charge on any atom is -0.347 e. The second kappa shape index (κ2) is 8.19. The highest BCUT2D eigenvalue weighted by Gasteiger charge is 2.34. The Kier molecular flexibility index (Phi) is 5.00. The number of hydrogen-bond acceptors (Lipinski definition) is 6. The van der Waals surface area contributed by atoms with Gasteiger partial charge >= 0.3 is 6.03 Å². The molecule has 0 bridgehead atoms. The summed E-state index contributed by atoms with van der Waals surface area (Å²) in [5, 5.41) is 6.73. The van der Waals surface area contributed by atoms with Crippen molar-refractivity contribution in [1.29, 1.82) is 0 Å². The standard InChI is InChI=1S/C25H22N6O2S/c26-17-7-4-8-18(17)29-23(32)22-21-20-19(9-10-28-24(20)34-22)31(25(33)30-21)16-11-15(12-27-13-16)14-5-2-1-3-6-14/h1-3,5-6,9-13,17-18H,4,7-8,26H2,(H,29,32)(H,30,33)/t17-,18+/m0/s1. The molecule has 3 amide bonds. The lowest BCUT2D eigenvalue weighted by Crippen LogP contribution is -2.44. The minimum absolute atomic E-state index is 0.0437. The fourth-order valence-corrected chi connectivity index (χ4v) is 5.76. The van der Waals surface area contributed by atoms with Crippen LogP contribution in [-0.4, -0.2) is 34.0 Å². The van der Waals surface area contributed by atoms with Gasteiger partial charge in [-0.1, -0.05) is 30.3 Å². The lowest BCUT2D eigenvalue weighted by Gasteiger charge is -2.28. The van der Waals surface area contributed by atoms with Gasteiger partial charge in [-0.2, -0.15) is 0 Å². The highest BCUT2D eigenvalue weighted by Crippen LogP contribution is 2.46. The Bertz CT molecular complexity index is 1420. The van der Waals surface area contributed by atoms with E-state index in [-0.39, 0.29) is 24.0 Å². The Morgan fingerprint density at radius 2 is 2.00 bits per heavy atom. The number of nitrogens with one attached hydrogen (secondary N) is 2. The fourth-order valence-electron chi connectivity index (χ4n) is 4.74. The predicted octanol–water partition coefficient (Wildman–Crippen LogP) is 4.65. The Hall–Kier alpha value is -3.82. The van der Waals surface area contributed by atoms with Gasteiger partial charge in [0.15, 0.2) is 0 Å². The first-order valence-corrected chi connectivity index (χ1v) is 12.0. The van der Waals surface area contributed by atoms with Crippen LogP contribution in [0.1, 0.15) is 28.9 Å². The molecule has 4 aromatic rings. The van der Waals surface area contributed by atoms with Crippen molar-refractivity contribution < 1.29 is 9.59 Å². The maximum atomic E-state index is 13.3. The number of carbonyl (C=O) groups is 2. The molecule has 1 fully saturated rings. The number of thiophene rings is 1. The maximum absolute atomic E-state index is 13.3. The molecule has 3 aromatic heterocycles. The zero-order valence-electron chi connectivity index (χ0n) is 18.2. The lowest BCUT2D eigenvalue weighted by atomic mass is 10.1. The number of nitrogens with zero attached hydrogens (tertiary/aromatic N) is 3. The quantitative estimate of drug-likeness (QED) is 0.402. The molecule has 0 unspecified atom stereocenters. The van der Waals surface area contributed by atoms with Crippen LogP contribution in [0.4, 0.5) is 21.9 Å². The number of benzene rings is 1. The van der Waals surface area contributed by atoms with Crippen molar-refractivity contribution in [2.75, 3.05) is 10.2 Å². The Morgan fingerprint density at radius 3 is 2.79 bits per heavy atom. The largest absolute Gasteiger partial charge is 0.347 e. The average molecular weight is 471 g/mol. The molecule has 8 nitrogen and oxygen atoms in total. The Labute approximate surface area is 199 Å². The van der Waals surface area contributed by atoms with Crippen molar-refractivity contribution >= 4 is 50.6 Å². The van der Waals surface area contributed by atoms with E-state index in [1.54, 1.807) is 29.6 Å². The highest BCUT2D eigenvalue weighted by atomic mass is 32.1. The SMILES string of the molecule is N[C@H]1CCC[C@H]1NC(=O)c1sc2nccc3c2c1NC(=O)N3c1cncc(-c2ccccc2)c1. The van der Waals surface area contributed by atoms with Crippen molar-refractivity contribution in [3.8, 4) is 11.1 Å². The van der Waals surface area contributed by atoms with Gasteiger partial charge in [0.1, 0.15) is 9.71 Å². The van der Waals surface area contributed by atoms with E-state index in [1.165, 1.54) is 11.3 Å². The molecule has 4 N–H and O–H groups in total. The molecule has 9 heteroatoms. The van der Waals surface area contributed by atoms with Crippen LogP contribution < -0.4 is 21.3 Å². The molecule has 1 saturated carbocycles. The van der Waals surface area contributed by atoms with Gasteiger partial charge in [-0.25, -0.2) is 9.78 Å². The van der Waals surface area contributed by atoms with Crippen molar-refractivity contribution in [2.24, 2.45) is 5.73 Å². The number of anilines is 3. The van der Waals surface area contributed by atoms with E-state index in [9.17, 15) is 9.59 Å². The monoisotopic (exact) mass is 470 g/mol. The number of rotatable bonds is 4. The zero-order chi connectivity index (χ0) is 23.2. The van der Waals surface area contributed by atoms with Crippen LogP contribution >= 0.6 is 11.3 Å². The molecule has 4 heterocycles. The summed E-state index contributed by atoms with van der Waals surface area (Å²) in [6, 6.07) is 13.2. The summed E-state index contributed by atoms with van der Waals surface area (Å²) in [5.41, 5.74) is 9.85. The molecule has 2 atom stereocenters. The van der Waals surface area contributed by atoms with Gasteiger partial charge in [-0.05, 0) is 37.0 Å². The topological polar surface area (TPSA) is 113 Å². The third-order valence-electron chi connectivity index (χ3n) is 6.43. The number of aromatic nitrogens is 2. The number of amides is 3. The van der Waals surface area contributed by atoms with Crippen LogP contribution in [0.25, 0.3) is 21.3 Å². The summed E-state index contributed by atoms with van der Waals surface area (Å²) < 4.78 is 0. The van der Waals surface area contributed by atoms with E-state index in [2.05, 4.69) is 20.6 Å². The first-order chi connectivity index (χ1) is 16.6. The molecule has 0 spiro atoms. The molecule has 0 saturated heterocycles. The van der Waals surface area contributed by atoms with Gasteiger partial charge in [-0.15, -0.1) is 11.3 Å². The lowest BCUT2D eigenvalue weighted by molar-refractivity contribution is 0.0939. The molecular weight excluding hydrogens is 448 g/mol. The van der Waals surface area contributed by atoms with Crippen LogP contribution in [0.2, 0.25) is 0 Å². The summed E-state index contributed by atoms with van der Waals surface area (Å²) in [6.07, 6.45) is 7.85. The molecule has 1 aliphatic carbocycles. The number of nitrogens with two attached hydrogens (primary N) is 1. The molecule has 34 heavy (non-hydrogen) atoms. The van der Waals surface area contributed by atoms with Crippen LogP contribution in [-0.2, 0) is 0 Å². The van der Waals surface area contributed by atoms with Crippen molar-refractivity contribution in [1.82, 2.24) is 15.3 Å². The predicted molar refractivity (Wildman–Crippen MR) is 134 cm³/mol. The maximum Gasteiger partial charge on any atom is 0.331 e. The van der Waals surface area contributed by atoms with Gasteiger partial charge in [0.25, 0.3) is 5.91 Å². The van der Waals surface area contributed by atoms with Gasteiger partial charge in [-0.3, -0.25) is 14.7 Å². The second-order valence-electron chi connectivity index (χ2n) is 8.55. The Morgan fingerprint density at radius 1 is 1.15 bits per heavy atom. The smallest absolute Gasteiger partial charge is 0.331 e. The number of carbonyl (C=O) groups excluding carboxylic acids is 2. The molecular formula is C25H22N6O2S. The third kappa shape index (κ3) is 3.41. The van der Waals surface area contributed by atoms with Gasteiger partial charge < -0.3 is 16.4 Å². The van der Waals surface area contributed by atoms with Crippen molar-refractivity contribution in [2.45, 2.75) is 31.3 Å². The van der Waals surface area contributed by atoms with Gasteiger partial charge in [0.05, 0.1) is 28.6 Å². The zero-order valence-corrected chi connectivity index (χ0v) is 19.0. The molecule has 2 aliphatic rings. The number of urea groups is 1. The molecule has 0 radical (unpaired) electrons. The molecule has 1 aliphatic heterocycles. The van der Waals surface area contributed by atoms with Gasteiger partial charge in [0.2, 0.25) is 0 Å². The first kappa shape index (κ1) is 20.8. The van der Waals surface area contributed by atoms with E-state index >= 15 is 0 Å². The fraction of sp³-hybridized carbons (Fsp3) is 0.200. The van der Waals surface area contributed by atoms with Crippen molar-refractivity contribution in [3.63, 3.8) is 0 Å². The van der Waals surface area contributed by atoms with Crippen LogP contribution in [0, 0.1) is 0 Å². The summed E-state index contributed by atoms with van der Waals surface area (Å²) in [4.78, 5) is 38.0. The summed E-state index contributed by atoms with van der Waals surface area (Å²) in [5.74, 6) is -0.229. The summed E-state index contributed by atoms with van der Waals surface area (Å²) >= 11 is 1.27.